The molecule has 0 aliphatic rings. The number of oxime groups is 1. The first kappa shape index (κ1) is 16.7. The van der Waals surface area contributed by atoms with Gasteiger partial charge in [0.25, 0.3) is 0 Å². The van der Waals surface area contributed by atoms with Gasteiger partial charge in [0, 0.05) is 20.2 Å². The number of hydrogen-bond donors (Lipinski definition) is 3. The molecule has 0 rings (SSSR count). The van der Waals surface area contributed by atoms with E-state index >= 15 is 0 Å². The number of amides is 1. The van der Waals surface area contributed by atoms with Crippen LogP contribution in [0.5, 0.6) is 0 Å². The highest BCUT2D eigenvalue weighted by Gasteiger charge is 2.39. The van der Waals surface area contributed by atoms with E-state index in [-0.39, 0.29) is 24.9 Å². The van der Waals surface area contributed by atoms with Crippen LogP contribution in [0.3, 0.4) is 0 Å². The summed E-state index contributed by atoms with van der Waals surface area (Å²) >= 11 is 0. The molecule has 0 saturated carbocycles. The van der Waals surface area contributed by atoms with Gasteiger partial charge in [-0.1, -0.05) is 12.1 Å². The molecule has 4 N–H and O–H groups in total. The first-order valence-corrected chi connectivity index (χ1v) is 5.85. The van der Waals surface area contributed by atoms with Crippen molar-refractivity contribution < 1.29 is 19.8 Å². The number of methoxy groups -OCH3 is 1. The Bertz CT molecular complexity index is 296. The molecule has 0 radical (unpaired) electrons. The van der Waals surface area contributed by atoms with Gasteiger partial charge in [-0.25, -0.2) is 0 Å². The molecule has 0 aromatic carbocycles. The van der Waals surface area contributed by atoms with Gasteiger partial charge in [0.05, 0.1) is 13.2 Å². The number of carbonyl (C=O) groups is 1. The lowest BCUT2D eigenvalue weighted by Crippen LogP contribution is -2.51. The average molecular weight is 261 g/mol. The highest BCUT2D eigenvalue weighted by atomic mass is 16.5. The predicted molar refractivity (Wildman–Crippen MR) is 67.3 cm³/mol. The van der Waals surface area contributed by atoms with Crippen LogP contribution in [-0.4, -0.2) is 60.4 Å². The Hall–Kier alpha value is -1.34. The fourth-order valence-corrected chi connectivity index (χ4v) is 1.54. The summed E-state index contributed by atoms with van der Waals surface area (Å²) in [5.74, 6) is -0.415. The molecule has 1 atom stereocenters. The summed E-state index contributed by atoms with van der Waals surface area (Å²) in [6.07, 6.45) is 0.399. The molecule has 0 bridgehead atoms. The molecule has 106 valence electrons. The lowest BCUT2D eigenvalue weighted by atomic mass is 9.84. The lowest BCUT2D eigenvalue weighted by molar-refractivity contribution is -0.139. The number of nitrogens with zero attached hydrogens (tertiary/aromatic N) is 2. The average Bonchev–Trinajstić information content (AvgIpc) is 2.40. The molecule has 7 heteroatoms. The van der Waals surface area contributed by atoms with Crippen LogP contribution in [0.2, 0.25) is 0 Å². The lowest BCUT2D eigenvalue weighted by Gasteiger charge is -2.32. The van der Waals surface area contributed by atoms with Gasteiger partial charge in [-0.15, -0.1) is 0 Å². The summed E-state index contributed by atoms with van der Waals surface area (Å²) in [7, 11) is 1.53. The van der Waals surface area contributed by atoms with Crippen LogP contribution in [0.15, 0.2) is 5.16 Å². The van der Waals surface area contributed by atoms with Gasteiger partial charge < -0.3 is 25.7 Å². The molecule has 0 saturated heterocycles. The summed E-state index contributed by atoms with van der Waals surface area (Å²) in [6, 6.07) is 0. The van der Waals surface area contributed by atoms with Gasteiger partial charge in [-0.05, 0) is 13.3 Å². The minimum Gasteiger partial charge on any atom is -0.409 e. The van der Waals surface area contributed by atoms with Crippen LogP contribution < -0.4 is 5.73 Å². The van der Waals surface area contributed by atoms with Gasteiger partial charge in [0.1, 0.15) is 5.41 Å². The predicted octanol–water partition coefficient (Wildman–Crippen LogP) is -0.384. The van der Waals surface area contributed by atoms with Gasteiger partial charge >= 0.3 is 0 Å². The number of aliphatic hydroxyl groups excluding tert-OH is 1. The van der Waals surface area contributed by atoms with Crippen molar-refractivity contribution in [2.75, 3.05) is 33.4 Å². The quantitative estimate of drug-likeness (QED) is 0.239. The summed E-state index contributed by atoms with van der Waals surface area (Å²) in [6.45, 7) is 4.15. The molecule has 0 fully saturated rings. The van der Waals surface area contributed by atoms with E-state index in [4.69, 9.17) is 20.8 Å². The van der Waals surface area contributed by atoms with E-state index in [1.165, 1.54) is 12.0 Å². The number of nitrogens with two attached hydrogens (primary N) is 1. The summed E-state index contributed by atoms with van der Waals surface area (Å²) in [5, 5.41) is 20.7. The zero-order chi connectivity index (χ0) is 14.2. The molecular weight excluding hydrogens is 238 g/mol. The molecule has 1 unspecified atom stereocenters. The maximum atomic E-state index is 12.4. The monoisotopic (exact) mass is 261 g/mol. The molecule has 0 aromatic heterocycles. The van der Waals surface area contributed by atoms with Crippen molar-refractivity contribution in [3.05, 3.63) is 0 Å². The molecule has 18 heavy (non-hydrogen) atoms. The highest BCUT2D eigenvalue weighted by Crippen LogP contribution is 2.24. The van der Waals surface area contributed by atoms with Crippen LogP contribution in [0.4, 0.5) is 0 Å². The number of rotatable bonds is 8. The fourth-order valence-electron chi connectivity index (χ4n) is 1.54. The van der Waals surface area contributed by atoms with Crippen molar-refractivity contribution >= 4 is 11.7 Å². The van der Waals surface area contributed by atoms with E-state index in [1.54, 1.807) is 13.8 Å². The van der Waals surface area contributed by atoms with Gasteiger partial charge in [0.15, 0.2) is 5.84 Å². The largest absolute Gasteiger partial charge is 0.409 e. The Morgan fingerprint density at radius 3 is 2.50 bits per heavy atom. The third-order valence-electron chi connectivity index (χ3n) is 3.07. The Kier molecular flexibility index (Phi) is 7.30. The number of aliphatic hydroxyl groups is 1. The standard InChI is InChI=1S/C11H23N3O4/c1-4-11(2,9(12)13-17)10(16)14(5-7-15)6-8-18-3/h15,17H,4-8H2,1-3H3,(H2,12,13). The second kappa shape index (κ2) is 7.88. The Morgan fingerprint density at radius 2 is 2.11 bits per heavy atom. The Labute approximate surface area is 107 Å². The topological polar surface area (TPSA) is 108 Å². The molecule has 0 heterocycles. The van der Waals surface area contributed by atoms with Crippen LogP contribution in [0.1, 0.15) is 20.3 Å². The number of ether oxygens (including phenoxy) is 1. The maximum absolute atomic E-state index is 12.4. The van der Waals surface area contributed by atoms with Crippen molar-refractivity contribution in [2.45, 2.75) is 20.3 Å². The van der Waals surface area contributed by atoms with Crippen molar-refractivity contribution in [1.29, 1.82) is 0 Å². The van der Waals surface area contributed by atoms with E-state index in [2.05, 4.69) is 5.16 Å². The molecular formula is C11H23N3O4. The third-order valence-corrected chi connectivity index (χ3v) is 3.07. The smallest absolute Gasteiger partial charge is 0.236 e. The van der Waals surface area contributed by atoms with Crippen molar-refractivity contribution in [3.8, 4) is 0 Å². The number of hydrogen-bond acceptors (Lipinski definition) is 5. The number of carbonyl (C=O) groups excluding carboxylic acids is 1. The zero-order valence-electron chi connectivity index (χ0n) is 11.2. The highest BCUT2D eigenvalue weighted by molar-refractivity contribution is 6.06. The van der Waals surface area contributed by atoms with Crippen molar-refractivity contribution in [1.82, 2.24) is 4.90 Å². The van der Waals surface area contributed by atoms with Crippen LogP contribution in [-0.2, 0) is 9.53 Å². The minimum atomic E-state index is -1.07. The first-order valence-electron chi connectivity index (χ1n) is 5.85. The third kappa shape index (κ3) is 3.85. The van der Waals surface area contributed by atoms with Crippen LogP contribution in [0.25, 0.3) is 0 Å². The van der Waals surface area contributed by atoms with E-state index in [1.807, 2.05) is 0 Å². The van der Waals surface area contributed by atoms with E-state index in [0.29, 0.717) is 19.6 Å². The number of amidine groups is 1. The van der Waals surface area contributed by atoms with E-state index in [0.717, 1.165) is 0 Å². The minimum absolute atomic E-state index is 0.129. The summed E-state index contributed by atoms with van der Waals surface area (Å²) in [5.41, 5.74) is 4.51. The molecule has 1 amide bonds. The van der Waals surface area contributed by atoms with Crippen LogP contribution in [0, 0.1) is 5.41 Å². The van der Waals surface area contributed by atoms with Gasteiger partial charge in [0.2, 0.25) is 5.91 Å². The van der Waals surface area contributed by atoms with E-state index < -0.39 is 5.41 Å². The second-order valence-corrected chi connectivity index (χ2v) is 4.18. The SMILES string of the molecule is CCC(C)(C(=O)N(CCO)CCOC)C(N)=NO. The van der Waals surface area contributed by atoms with Crippen LogP contribution >= 0.6 is 0 Å². The van der Waals surface area contributed by atoms with Gasteiger partial charge in [-0.3, -0.25) is 4.79 Å². The van der Waals surface area contributed by atoms with Crippen molar-refractivity contribution in [3.63, 3.8) is 0 Å². The molecule has 0 aliphatic carbocycles. The fraction of sp³-hybridized carbons (Fsp3) is 0.818. The Morgan fingerprint density at radius 1 is 1.50 bits per heavy atom. The second-order valence-electron chi connectivity index (χ2n) is 4.18. The zero-order valence-corrected chi connectivity index (χ0v) is 11.2. The molecule has 7 nitrogen and oxygen atoms in total. The molecule has 0 aliphatic heterocycles. The first-order chi connectivity index (χ1) is 8.47. The molecule has 0 aromatic rings. The molecule has 0 spiro atoms. The Balaban J connectivity index is 5.01. The summed E-state index contributed by atoms with van der Waals surface area (Å²) < 4.78 is 4.92. The van der Waals surface area contributed by atoms with Gasteiger partial charge in [-0.2, -0.15) is 0 Å². The summed E-state index contributed by atoms with van der Waals surface area (Å²) in [4.78, 5) is 13.8. The van der Waals surface area contributed by atoms with E-state index in [9.17, 15) is 4.79 Å². The van der Waals surface area contributed by atoms with Crippen molar-refractivity contribution in [2.24, 2.45) is 16.3 Å². The normalized spacial score (nSPS) is 15.2. The maximum Gasteiger partial charge on any atom is 0.236 e.